The third-order valence-corrected chi connectivity index (χ3v) is 4.54. The van der Waals surface area contributed by atoms with Crippen molar-refractivity contribution in [2.24, 2.45) is 0 Å². The first-order valence-electron chi connectivity index (χ1n) is 7.78. The Balaban J connectivity index is 1.71. The normalized spacial score (nSPS) is 17.2. The lowest BCUT2D eigenvalue weighted by molar-refractivity contribution is -0.122. The lowest BCUT2D eigenvalue weighted by Gasteiger charge is -2.11. The molecule has 1 aliphatic rings. The number of rotatable bonds is 5. The van der Waals surface area contributed by atoms with Crippen LogP contribution in [0.1, 0.15) is 18.7 Å². The monoisotopic (exact) mass is 368 g/mol. The fraction of sp³-hybridized carbons (Fsp3) is 0.438. The van der Waals surface area contributed by atoms with E-state index in [1.54, 1.807) is 29.8 Å². The lowest BCUT2D eigenvalue weighted by Crippen LogP contribution is -2.34. The SMILES string of the molecule is Cc1nc(-c2ccc(Cl)c(Cl)c2)n(CC(=O)NC[C@@H]2CCCO2)n1. The maximum absolute atomic E-state index is 12.2. The first-order valence-corrected chi connectivity index (χ1v) is 8.53. The molecule has 1 fully saturated rings. The summed E-state index contributed by atoms with van der Waals surface area (Å²) in [4.78, 5) is 16.6. The van der Waals surface area contributed by atoms with Gasteiger partial charge in [-0.25, -0.2) is 9.67 Å². The van der Waals surface area contributed by atoms with Gasteiger partial charge in [0, 0.05) is 18.7 Å². The largest absolute Gasteiger partial charge is 0.376 e. The van der Waals surface area contributed by atoms with Gasteiger partial charge in [-0.1, -0.05) is 23.2 Å². The van der Waals surface area contributed by atoms with E-state index in [1.807, 2.05) is 0 Å². The maximum atomic E-state index is 12.2. The van der Waals surface area contributed by atoms with Crippen LogP contribution in [-0.2, 0) is 16.1 Å². The van der Waals surface area contributed by atoms with Gasteiger partial charge < -0.3 is 10.1 Å². The number of nitrogens with zero attached hydrogens (tertiary/aromatic N) is 3. The van der Waals surface area contributed by atoms with Gasteiger partial charge in [0.1, 0.15) is 12.4 Å². The number of halogens is 2. The number of carbonyl (C=O) groups excluding carboxylic acids is 1. The lowest BCUT2D eigenvalue weighted by atomic mass is 10.2. The molecule has 8 heteroatoms. The van der Waals surface area contributed by atoms with Crippen LogP contribution in [0.4, 0.5) is 0 Å². The third-order valence-electron chi connectivity index (χ3n) is 3.80. The van der Waals surface area contributed by atoms with Crippen molar-refractivity contribution in [2.75, 3.05) is 13.2 Å². The predicted octanol–water partition coefficient (Wildman–Crippen LogP) is 2.86. The molecule has 0 aliphatic carbocycles. The summed E-state index contributed by atoms with van der Waals surface area (Å²) in [6.07, 6.45) is 2.14. The highest BCUT2D eigenvalue weighted by atomic mass is 35.5. The number of hydrogen-bond donors (Lipinski definition) is 1. The van der Waals surface area contributed by atoms with Gasteiger partial charge >= 0.3 is 0 Å². The molecule has 1 aromatic heterocycles. The Morgan fingerprint density at radius 3 is 2.96 bits per heavy atom. The molecule has 1 saturated heterocycles. The van der Waals surface area contributed by atoms with Crippen LogP contribution < -0.4 is 5.32 Å². The van der Waals surface area contributed by atoms with Crippen LogP contribution >= 0.6 is 23.2 Å². The summed E-state index contributed by atoms with van der Waals surface area (Å²) in [6.45, 7) is 3.16. The van der Waals surface area contributed by atoms with E-state index in [0.29, 0.717) is 28.2 Å². The molecule has 0 spiro atoms. The van der Waals surface area contributed by atoms with Crippen molar-refractivity contribution in [1.29, 1.82) is 0 Å². The first kappa shape index (κ1) is 17.2. The minimum absolute atomic E-state index is 0.0864. The van der Waals surface area contributed by atoms with E-state index in [0.717, 1.165) is 25.0 Å². The fourth-order valence-electron chi connectivity index (χ4n) is 2.64. The third kappa shape index (κ3) is 4.06. The zero-order valence-corrected chi connectivity index (χ0v) is 14.8. The predicted molar refractivity (Wildman–Crippen MR) is 92.2 cm³/mol. The Labute approximate surface area is 150 Å². The molecule has 1 amide bonds. The second kappa shape index (κ2) is 7.51. The zero-order valence-electron chi connectivity index (χ0n) is 13.3. The molecule has 3 rings (SSSR count). The minimum atomic E-state index is -0.128. The summed E-state index contributed by atoms with van der Waals surface area (Å²) >= 11 is 12.0. The molecule has 1 aromatic carbocycles. The maximum Gasteiger partial charge on any atom is 0.241 e. The minimum Gasteiger partial charge on any atom is -0.376 e. The second-order valence-electron chi connectivity index (χ2n) is 5.71. The first-order chi connectivity index (χ1) is 11.5. The summed E-state index contributed by atoms with van der Waals surface area (Å²) in [5.74, 6) is 1.04. The van der Waals surface area contributed by atoms with E-state index < -0.39 is 0 Å². The van der Waals surface area contributed by atoms with Gasteiger partial charge in [-0.2, -0.15) is 5.10 Å². The Hall–Kier alpha value is -1.63. The van der Waals surface area contributed by atoms with Crippen molar-refractivity contribution in [1.82, 2.24) is 20.1 Å². The summed E-state index contributed by atoms with van der Waals surface area (Å²) < 4.78 is 7.07. The molecule has 0 radical (unpaired) electrons. The fourth-order valence-corrected chi connectivity index (χ4v) is 2.94. The van der Waals surface area contributed by atoms with Gasteiger partial charge in [0.15, 0.2) is 5.82 Å². The highest BCUT2D eigenvalue weighted by molar-refractivity contribution is 6.42. The number of benzene rings is 1. The highest BCUT2D eigenvalue weighted by Crippen LogP contribution is 2.27. The summed E-state index contributed by atoms with van der Waals surface area (Å²) in [7, 11) is 0. The van der Waals surface area contributed by atoms with E-state index in [1.165, 1.54) is 0 Å². The van der Waals surface area contributed by atoms with Crippen molar-refractivity contribution < 1.29 is 9.53 Å². The van der Waals surface area contributed by atoms with Crippen molar-refractivity contribution in [2.45, 2.75) is 32.4 Å². The van der Waals surface area contributed by atoms with E-state index in [9.17, 15) is 4.79 Å². The number of nitrogens with one attached hydrogen (secondary N) is 1. The standard InChI is InChI=1S/C16H18Cl2N4O2/c1-10-20-16(11-4-5-13(17)14(18)7-11)22(21-10)9-15(23)19-8-12-3-2-6-24-12/h4-5,7,12H,2-3,6,8-9H2,1H3,(H,19,23)/t12-/m0/s1. The van der Waals surface area contributed by atoms with E-state index in [4.69, 9.17) is 27.9 Å². The van der Waals surface area contributed by atoms with Crippen LogP contribution in [0.3, 0.4) is 0 Å². The van der Waals surface area contributed by atoms with Crippen LogP contribution in [0.15, 0.2) is 18.2 Å². The molecule has 1 aliphatic heterocycles. The molecule has 0 unspecified atom stereocenters. The average molecular weight is 369 g/mol. The number of aromatic nitrogens is 3. The molecule has 2 aromatic rings. The van der Waals surface area contributed by atoms with Gasteiger partial charge in [-0.3, -0.25) is 4.79 Å². The van der Waals surface area contributed by atoms with Crippen molar-refractivity contribution in [3.63, 3.8) is 0 Å². The average Bonchev–Trinajstić information content (AvgIpc) is 3.18. The molecule has 0 saturated carbocycles. The molecular formula is C16H18Cl2N4O2. The quantitative estimate of drug-likeness (QED) is 0.880. The van der Waals surface area contributed by atoms with Gasteiger partial charge in [0.05, 0.1) is 16.1 Å². The number of carbonyl (C=O) groups is 1. The van der Waals surface area contributed by atoms with Crippen LogP contribution in [0.25, 0.3) is 11.4 Å². The molecule has 2 heterocycles. The smallest absolute Gasteiger partial charge is 0.241 e. The number of amides is 1. The molecule has 0 bridgehead atoms. The Morgan fingerprint density at radius 1 is 1.42 bits per heavy atom. The van der Waals surface area contributed by atoms with Crippen molar-refractivity contribution >= 4 is 29.1 Å². The number of ether oxygens (including phenoxy) is 1. The summed E-state index contributed by atoms with van der Waals surface area (Å²) in [5, 5.41) is 8.08. The van der Waals surface area contributed by atoms with Crippen LogP contribution in [0.2, 0.25) is 10.0 Å². The topological polar surface area (TPSA) is 69.0 Å². The van der Waals surface area contributed by atoms with Crippen LogP contribution in [-0.4, -0.2) is 39.9 Å². The molecule has 1 N–H and O–H groups in total. The van der Waals surface area contributed by atoms with Gasteiger partial charge in [0.25, 0.3) is 0 Å². The van der Waals surface area contributed by atoms with Gasteiger partial charge in [0.2, 0.25) is 5.91 Å². The second-order valence-corrected chi connectivity index (χ2v) is 6.52. The van der Waals surface area contributed by atoms with Gasteiger partial charge in [-0.15, -0.1) is 0 Å². The van der Waals surface area contributed by atoms with E-state index in [-0.39, 0.29) is 18.6 Å². The van der Waals surface area contributed by atoms with Gasteiger partial charge in [-0.05, 0) is 38.0 Å². The number of hydrogen-bond acceptors (Lipinski definition) is 4. The van der Waals surface area contributed by atoms with E-state index >= 15 is 0 Å². The highest BCUT2D eigenvalue weighted by Gasteiger charge is 2.18. The molecular weight excluding hydrogens is 351 g/mol. The molecule has 128 valence electrons. The summed E-state index contributed by atoms with van der Waals surface area (Å²) in [5.41, 5.74) is 0.761. The van der Waals surface area contributed by atoms with Crippen LogP contribution in [0, 0.1) is 6.92 Å². The van der Waals surface area contributed by atoms with E-state index in [2.05, 4.69) is 15.4 Å². The molecule has 6 nitrogen and oxygen atoms in total. The molecule has 24 heavy (non-hydrogen) atoms. The zero-order chi connectivity index (χ0) is 17.1. The molecule has 1 atom stereocenters. The van der Waals surface area contributed by atoms with Crippen molar-refractivity contribution in [3.8, 4) is 11.4 Å². The Bertz CT molecular complexity index is 742. The summed E-state index contributed by atoms with van der Waals surface area (Å²) in [6, 6.07) is 5.22. The Morgan fingerprint density at radius 2 is 2.25 bits per heavy atom. The number of aryl methyl sites for hydroxylation is 1. The van der Waals surface area contributed by atoms with Crippen LogP contribution in [0.5, 0.6) is 0 Å². The Kier molecular flexibility index (Phi) is 5.38. The van der Waals surface area contributed by atoms with Crippen molar-refractivity contribution in [3.05, 3.63) is 34.1 Å².